The molecule has 0 saturated heterocycles. The summed E-state index contributed by atoms with van der Waals surface area (Å²) in [6.07, 6.45) is 1.32. The van der Waals surface area contributed by atoms with Gasteiger partial charge in [-0.05, 0) is 42.5 Å². The fraction of sp³-hybridized carbons (Fsp3) is 0. The number of carbonyl (C=O) groups is 2. The van der Waals surface area contributed by atoms with Gasteiger partial charge in [0.1, 0.15) is 23.1 Å². The lowest BCUT2D eigenvalue weighted by Gasteiger charge is -2.05. The zero-order chi connectivity index (χ0) is 19.7. The van der Waals surface area contributed by atoms with E-state index in [1.165, 1.54) is 54.6 Å². The zero-order valence-electron chi connectivity index (χ0n) is 14.3. The minimum atomic E-state index is -0.745. The van der Waals surface area contributed by atoms with Crippen LogP contribution in [-0.4, -0.2) is 11.8 Å². The van der Waals surface area contributed by atoms with Crippen LogP contribution in [0.2, 0.25) is 0 Å². The van der Waals surface area contributed by atoms with Crippen molar-refractivity contribution in [2.75, 3.05) is 0 Å². The van der Waals surface area contributed by atoms with E-state index in [0.717, 1.165) is 6.07 Å². The normalized spacial score (nSPS) is 13.9. The Bertz CT molecular complexity index is 1130. The number of Topliss-reactive ketones (excluding diaryl/α,β-unsaturated/α-hetero) is 1. The van der Waals surface area contributed by atoms with Crippen molar-refractivity contribution in [3.05, 3.63) is 101 Å². The van der Waals surface area contributed by atoms with Crippen LogP contribution >= 0.6 is 0 Å². The average molecular weight is 378 g/mol. The van der Waals surface area contributed by atoms with Crippen LogP contribution in [0.1, 0.15) is 26.3 Å². The first-order valence-corrected chi connectivity index (χ1v) is 8.32. The Morgan fingerprint density at radius 1 is 0.964 bits per heavy atom. The molecule has 6 heteroatoms. The molecule has 4 nitrogen and oxygen atoms in total. The Labute approximate surface area is 158 Å². The van der Waals surface area contributed by atoms with Crippen LogP contribution in [0, 0.1) is 11.6 Å². The van der Waals surface area contributed by atoms with Gasteiger partial charge < -0.3 is 9.47 Å². The zero-order valence-corrected chi connectivity index (χ0v) is 14.3. The van der Waals surface area contributed by atoms with Gasteiger partial charge in [-0.1, -0.05) is 24.3 Å². The van der Waals surface area contributed by atoms with Crippen molar-refractivity contribution in [3.8, 4) is 11.5 Å². The first kappa shape index (κ1) is 17.6. The number of rotatable bonds is 3. The van der Waals surface area contributed by atoms with Crippen molar-refractivity contribution in [2.45, 2.75) is 0 Å². The second kappa shape index (κ2) is 7.08. The first-order valence-electron chi connectivity index (χ1n) is 8.32. The lowest BCUT2D eigenvalue weighted by atomic mass is 10.1. The molecular weight excluding hydrogens is 366 g/mol. The van der Waals surface area contributed by atoms with E-state index in [2.05, 4.69) is 0 Å². The summed E-state index contributed by atoms with van der Waals surface area (Å²) in [7, 11) is 0. The number of allylic oxidation sites excluding steroid dienone is 1. The monoisotopic (exact) mass is 378 g/mol. The summed E-state index contributed by atoms with van der Waals surface area (Å²) in [4.78, 5) is 24.6. The van der Waals surface area contributed by atoms with Crippen molar-refractivity contribution >= 4 is 17.8 Å². The first-order chi connectivity index (χ1) is 13.5. The minimum Gasteiger partial charge on any atom is -0.452 e. The highest BCUT2D eigenvalue weighted by Crippen LogP contribution is 2.35. The summed E-state index contributed by atoms with van der Waals surface area (Å²) in [5.74, 6) is -1.89. The van der Waals surface area contributed by atoms with Crippen LogP contribution in [0.15, 0.2) is 72.5 Å². The van der Waals surface area contributed by atoms with Crippen molar-refractivity contribution in [3.63, 3.8) is 0 Å². The molecule has 138 valence electrons. The molecule has 0 bridgehead atoms. The van der Waals surface area contributed by atoms with E-state index in [9.17, 15) is 18.4 Å². The fourth-order valence-corrected chi connectivity index (χ4v) is 2.75. The molecule has 0 atom stereocenters. The highest BCUT2D eigenvalue weighted by Gasteiger charge is 2.28. The average Bonchev–Trinajstić information content (AvgIpc) is 2.98. The molecule has 1 aliphatic rings. The maximum atomic E-state index is 13.8. The predicted molar refractivity (Wildman–Crippen MR) is 97.1 cm³/mol. The third-order valence-electron chi connectivity index (χ3n) is 4.10. The van der Waals surface area contributed by atoms with Crippen LogP contribution in [-0.2, 0) is 0 Å². The van der Waals surface area contributed by atoms with Crippen molar-refractivity contribution in [1.82, 2.24) is 0 Å². The number of halogens is 2. The van der Waals surface area contributed by atoms with Crippen LogP contribution < -0.4 is 9.47 Å². The summed E-state index contributed by atoms with van der Waals surface area (Å²) in [6.45, 7) is 0. The molecule has 0 fully saturated rings. The van der Waals surface area contributed by atoms with Gasteiger partial charge in [-0.25, -0.2) is 13.6 Å². The lowest BCUT2D eigenvalue weighted by Crippen LogP contribution is -2.08. The number of esters is 1. The molecule has 28 heavy (non-hydrogen) atoms. The Balaban J connectivity index is 1.57. The maximum Gasteiger partial charge on any atom is 0.343 e. The summed E-state index contributed by atoms with van der Waals surface area (Å²) >= 11 is 0. The largest absolute Gasteiger partial charge is 0.452 e. The van der Waals surface area contributed by atoms with E-state index >= 15 is 0 Å². The number of carbonyl (C=O) groups excluding carboxylic acids is 2. The van der Waals surface area contributed by atoms with Crippen LogP contribution in [0.3, 0.4) is 0 Å². The van der Waals surface area contributed by atoms with Crippen LogP contribution in [0.25, 0.3) is 6.08 Å². The molecule has 1 aliphatic heterocycles. The summed E-state index contributed by atoms with van der Waals surface area (Å²) in [5.41, 5.74) is 0.544. The molecule has 4 rings (SSSR count). The van der Waals surface area contributed by atoms with Gasteiger partial charge in [0, 0.05) is 11.6 Å². The van der Waals surface area contributed by atoms with Gasteiger partial charge in [0.15, 0.2) is 5.76 Å². The molecule has 0 saturated carbocycles. The second-order valence-corrected chi connectivity index (χ2v) is 6.02. The van der Waals surface area contributed by atoms with Gasteiger partial charge >= 0.3 is 5.97 Å². The topological polar surface area (TPSA) is 52.6 Å². The van der Waals surface area contributed by atoms with Crippen LogP contribution in [0.5, 0.6) is 11.5 Å². The van der Waals surface area contributed by atoms with E-state index in [-0.39, 0.29) is 33.9 Å². The molecule has 1 heterocycles. The van der Waals surface area contributed by atoms with Crippen molar-refractivity contribution in [2.24, 2.45) is 0 Å². The van der Waals surface area contributed by atoms with Crippen LogP contribution in [0.4, 0.5) is 8.78 Å². The number of benzene rings is 3. The molecule has 0 radical (unpaired) electrons. The number of ketones is 1. The third-order valence-corrected chi connectivity index (χ3v) is 4.10. The molecule has 0 unspecified atom stereocenters. The smallest absolute Gasteiger partial charge is 0.343 e. The molecule has 0 amide bonds. The second-order valence-electron chi connectivity index (χ2n) is 6.02. The fourth-order valence-electron chi connectivity index (χ4n) is 2.75. The SMILES string of the molecule is O=C(Oc1ccc2c(c1)O/C(=C\c1ccccc1F)C2=O)c1cccc(F)c1. The maximum absolute atomic E-state index is 13.8. The number of hydrogen-bond donors (Lipinski definition) is 0. The molecule has 0 N–H and O–H groups in total. The Morgan fingerprint density at radius 2 is 1.79 bits per heavy atom. The molecule has 3 aromatic rings. The summed E-state index contributed by atoms with van der Waals surface area (Å²) in [6, 6.07) is 15.4. The molecule has 0 aliphatic carbocycles. The standard InChI is InChI=1S/C22H12F2O4/c23-15-6-3-5-14(10-15)22(26)27-16-8-9-17-19(12-16)28-20(21(17)25)11-13-4-1-2-7-18(13)24/h1-12H/b20-11-. The highest BCUT2D eigenvalue weighted by molar-refractivity contribution is 6.14. The van der Waals surface area contributed by atoms with Crippen molar-refractivity contribution < 1.29 is 27.8 Å². The number of ether oxygens (including phenoxy) is 2. The minimum absolute atomic E-state index is 0.0336. The summed E-state index contributed by atoms with van der Waals surface area (Å²) in [5, 5.41) is 0. The Morgan fingerprint density at radius 3 is 2.57 bits per heavy atom. The van der Waals surface area contributed by atoms with Gasteiger partial charge in [-0.2, -0.15) is 0 Å². The third kappa shape index (κ3) is 3.40. The van der Waals surface area contributed by atoms with Gasteiger partial charge in [0.2, 0.25) is 5.78 Å². The Hall–Kier alpha value is -3.80. The molecule has 0 spiro atoms. The van der Waals surface area contributed by atoms with Gasteiger partial charge in [-0.15, -0.1) is 0 Å². The molecule has 0 aromatic heterocycles. The summed E-state index contributed by atoms with van der Waals surface area (Å²) < 4.78 is 37.8. The van der Waals surface area contributed by atoms with E-state index in [1.807, 2.05) is 0 Å². The number of fused-ring (bicyclic) bond motifs is 1. The molecule has 3 aromatic carbocycles. The van der Waals surface area contributed by atoms with Gasteiger partial charge in [0.05, 0.1) is 11.1 Å². The van der Waals surface area contributed by atoms with E-state index < -0.39 is 23.4 Å². The Kier molecular flexibility index (Phi) is 4.45. The van der Waals surface area contributed by atoms with E-state index in [4.69, 9.17) is 9.47 Å². The lowest BCUT2D eigenvalue weighted by molar-refractivity contribution is 0.0734. The molecular formula is C22H12F2O4. The predicted octanol–water partition coefficient (Wildman–Crippen LogP) is 4.80. The number of hydrogen-bond acceptors (Lipinski definition) is 4. The van der Waals surface area contributed by atoms with E-state index in [0.29, 0.717) is 0 Å². The quantitative estimate of drug-likeness (QED) is 0.373. The highest BCUT2D eigenvalue weighted by atomic mass is 19.1. The van der Waals surface area contributed by atoms with Crippen molar-refractivity contribution in [1.29, 1.82) is 0 Å². The van der Waals surface area contributed by atoms with E-state index in [1.54, 1.807) is 12.1 Å². The van der Waals surface area contributed by atoms with Gasteiger partial charge in [-0.3, -0.25) is 4.79 Å². The van der Waals surface area contributed by atoms with Gasteiger partial charge in [0.25, 0.3) is 0 Å².